The quantitative estimate of drug-likeness (QED) is 0.712. The molecule has 0 saturated heterocycles. The third-order valence-electron chi connectivity index (χ3n) is 5.75. The fraction of sp³-hybridized carbons (Fsp3) is 0.273. The number of aromatic hydroxyl groups is 1. The van der Waals surface area contributed by atoms with E-state index in [0.29, 0.717) is 6.54 Å². The summed E-state index contributed by atoms with van der Waals surface area (Å²) in [7, 11) is 0. The second-order valence-electron chi connectivity index (χ2n) is 7.28. The molecule has 1 aliphatic heterocycles. The minimum Gasteiger partial charge on any atom is -0.508 e. The molecule has 2 aromatic carbocycles. The second-order valence-corrected chi connectivity index (χ2v) is 7.28. The maximum Gasteiger partial charge on any atom is 0.334 e. The van der Waals surface area contributed by atoms with Crippen molar-refractivity contribution in [1.82, 2.24) is 9.55 Å². The normalized spacial score (nSPS) is 18.2. The second kappa shape index (κ2) is 6.27. The number of amides is 1. The SMILES string of the molecule is O=C(N1CC(c2ccccc2O)c2ccccc21)n1cnc2c1CCCC2. The average molecular weight is 359 g/mol. The van der Waals surface area contributed by atoms with Crippen LogP contribution in [0.1, 0.15) is 41.3 Å². The number of phenols is 1. The summed E-state index contributed by atoms with van der Waals surface area (Å²) in [5, 5.41) is 10.3. The van der Waals surface area contributed by atoms with Crippen LogP contribution in [-0.4, -0.2) is 27.2 Å². The molecule has 0 radical (unpaired) electrons. The van der Waals surface area contributed by atoms with E-state index in [4.69, 9.17) is 0 Å². The first-order valence-corrected chi connectivity index (χ1v) is 9.48. The van der Waals surface area contributed by atoms with Crippen molar-refractivity contribution in [1.29, 1.82) is 0 Å². The van der Waals surface area contributed by atoms with Gasteiger partial charge in [-0.15, -0.1) is 0 Å². The van der Waals surface area contributed by atoms with E-state index < -0.39 is 0 Å². The zero-order valence-electron chi connectivity index (χ0n) is 15.0. The van der Waals surface area contributed by atoms with E-state index in [1.165, 1.54) is 0 Å². The first-order valence-electron chi connectivity index (χ1n) is 9.48. The number of para-hydroxylation sites is 2. The first-order chi connectivity index (χ1) is 13.2. The highest BCUT2D eigenvalue weighted by Gasteiger charge is 2.35. The molecule has 5 heteroatoms. The Kier molecular flexibility index (Phi) is 3.74. The molecular weight excluding hydrogens is 338 g/mol. The lowest BCUT2D eigenvalue weighted by atomic mass is 9.92. The number of aryl methyl sites for hydroxylation is 1. The van der Waals surface area contributed by atoms with Gasteiger partial charge in [-0.3, -0.25) is 9.47 Å². The van der Waals surface area contributed by atoms with Crippen LogP contribution in [0.3, 0.4) is 0 Å². The molecule has 1 atom stereocenters. The maximum atomic E-state index is 13.4. The van der Waals surface area contributed by atoms with Gasteiger partial charge in [0, 0.05) is 23.7 Å². The van der Waals surface area contributed by atoms with E-state index in [0.717, 1.165) is 53.9 Å². The standard InChI is InChI=1S/C22H21N3O2/c26-21-12-6-2-8-16(21)17-13-24(19-10-4-1-7-15(17)19)22(27)25-14-23-18-9-3-5-11-20(18)25/h1-2,4,6-8,10,12,14,17,26H,3,5,9,11,13H2. The van der Waals surface area contributed by atoms with E-state index >= 15 is 0 Å². The number of nitrogens with zero attached hydrogens (tertiary/aromatic N) is 3. The van der Waals surface area contributed by atoms with Gasteiger partial charge in [0.1, 0.15) is 12.1 Å². The Bertz CT molecular complexity index is 1020. The monoisotopic (exact) mass is 359 g/mol. The number of hydrogen-bond acceptors (Lipinski definition) is 3. The van der Waals surface area contributed by atoms with Crippen molar-refractivity contribution in [3.63, 3.8) is 0 Å². The molecule has 0 spiro atoms. The first kappa shape index (κ1) is 16.1. The molecule has 2 heterocycles. The zero-order valence-corrected chi connectivity index (χ0v) is 15.0. The van der Waals surface area contributed by atoms with Crippen molar-refractivity contribution in [2.75, 3.05) is 11.4 Å². The van der Waals surface area contributed by atoms with Crippen molar-refractivity contribution in [2.45, 2.75) is 31.6 Å². The fourth-order valence-corrected chi connectivity index (χ4v) is 4.40. The van der Waals surface area contributed by atoms with E-state index in [1.807, 2.05) is 47.4 Å². The molecule has 1 N–H and O–H groups in total. The summed E-state index contributed by atoms with van der Waals surface area (Å²) in [5.41, 5.74) is 4.94. The Morgan fingerprint density at radius 2 is 1.74 bits per heavy atom. The third-order valence-corrected chi connectivity index (χ3v) is 5.75. The summed E-state index contributed by atoms with van der Waals surface area (Å²) in [6.07, 6.45) is 5.77. The van der Waals surface area contributed by atoms with Crippen LogP contribution in [0.4, 0.5) is 10.5 Å². The number of carbonyl (C=O) groups is 1. The number of phenolic OH excluding ortho intramolecular Hbond substituents is 1. The molecule has 3 aromatic rings. The van der Waals surface area contributed by atoms with Gasteiger partial charge >= 0.3 is 6.03 Å². The molecule has 1 aromatic heterocycles. The lowest BCUT2D eigenvalue weighted by Crippen LogP contribution is -2.34. The van der Waals surface area contributed by atoms with Crippen molar-refractivity contribution >= 4 is 11.7 Å². The average Bonchev–Trinajstić information content (AvgIpc) is 3.30. The maximum absolute atomic E-state index is 13.4. The number of anilines is 1. The van der Waals surface area contributed by atoms with E-state index in [2.05, 4.69) is 4.98 Å². The predicted molar refractivity (Wildman–Crippen MR) is 103 cm³/mol. The van der Waals surface area contributed by atoms with Gasteiger partial charge in [0.25, 0.3) is 0 Å². The van der Waals surface area contributed by atoms with Gasteiger partial charge in [0.2, 0.25) is 0 Å². The van der Waals surface area contributed by atoms with Crippen molar-refractivity contribution in [3.8, 4) is 5.75 Å². The highest BCUT2D eigenvalue weighted by Crippen LogP contribution is 2.43. The number of benzene rings is 2. The summed E-state index contributed by atoms with van der Waals surface area (Å²) in [6.45, 7) is 0.517. The highest BCUT2D eigenvalue weighted by atomic mass is 16.3. The van der Waals surface area contributed by atoms with Gasteiger partial charge in [0.15, 0.2) is 0 Å². The Labute approximate surface area is 157 Å². The van der Waals surface area contributed by atoms with E-state index in [1.54, 1.807) is 17.0 Å². The number of carbonyl (C=O) groups excluding carboxylic acids is 1. The van der Waals surface area contributed by atoms with Crippen LogP contribution in [0.15, 0.2) is 54.9 Å². The Morgan fingerprint density at radius 3 is 2.59 bits per heavy atom. The summed E-state index contributed by atoms with van der Waals surface area (Å²) in [6, 6.07) is 15.3. The van der Waals surface area contributed by atoms with Crippen LogP contribution in [-0.2, 0) is 12.8 Å². The molecule has 1 aliphatic carbocycles. The van der Waals surface area contributed by atoms with Crippen LogP contribution in [0.25, 0.3) is 0 Å². The summed E-state index contributed by atoms with van der Waals surface area (Å²) < 4.78 is 1.72. The minimum absolute atomic E-state index is 0.0364. The molecule has 1 unspecified atom stereocenters. The molecule has 2 aliphatic rings. The lowest BCUT2D eigenvalue weighted by Gasteiger charge is -2.21. The number of fused-ring (bicyclic) bond motifs is 2. The number of imidazole rings is 1. The topological polar surface area (TPSA) is 58.4 Å². The van der Waals surface area contributed by atoms with Gasteiger partial charge < -0.3 is 5.11 Å². The van der Waals surface area contributed by atoms with Gasteiger partial charge in [-0.1, -0.05) is 36.4 Å². The van der Waals surface area contributed by atoms with Crippen LogP contribution in [0.5, 0.6) is 5.75 Å². The molecule has 27 heavy (non-hydrogen) atoms. The Morgan fingerprint density at radius 1 is 1.00 bits per heavy atom. The molecule has 0 saturated carbocycles. The molecule has 136 valence electrons. The van der Waals surface area contributed by atoms with E-state index in [-0.39, 0.29) is 17.7 Å². The minimum atomic E-state index is -0.0592. The summed E-state index contributed by atoms with van der Waals surface area (Å²) in [4.78, 5) is 19.7. The molecule has 5 rings (SSSR count). The fourth-order valence-electron chi connectivity index (χ4n) is 4.40. The molecule has 0 bridgehead atoms. The lowest BCUT2D eigenvalue weighted by molar-refractivity contribution is 0.247. The smallest absolute Gasteiger partial charge is 0.334 e. The van der Waals surface area contributed by atoms with Crippen LogP contribution in [0, 0.1) is 0 Å². The zero-order chi connectivity index (χ0) is 18.4. The molecule has 0 fully saturated rings. The van der Waals surface area contributed by atoms with Gasteiger partial charge in [-0.05, 0) is 43.4 Å². The van der Waals surface area contributed by atoms with Crippen LogP contribution < -0.4 is 4.90 Å². The highest BCUT2D eigenvalue weighted by molar-refractivity contribution is 5.97. The predicted octanol–water partition coefficient (Wildman–Crippen LogP) is 4.09. The number of aromatic nitrogens is 2. The van der Waals surface area contributed by atoms with Gasteiger partial charge in [-0.25, -0.2) is 9.78 Å². The van der Waals surface area contributed by atoms with Crippen molar-refractivity contribution in [2.24, 2.45) is 0 Å². The van der Waals surface area contributed by atoms with Crippen LogP contribution >= 0.6 is 0 Å². The summed E-state index contributed by atoms with van der Waals surface area (Å²) in [5.74, 6) is 0.234. The van der Waals surface area contributed by atoms with Gasteiger partial charge in [0.05, 0.1) is 11.4 Å². The number of rotatable bonds is 1. The molecular formula is C22H21N3O2. The molecule has 1 amide bonds. The van der Waals surface area contributed by atoms with E-state index in [9.17, 15) is 9.90 Å². The summed E-state index contributed by atoms with van der Waals surface area (Å²) >= 11 is 0. The Hall–Kier alpha value is -3.08. The van der Waals surface area contributed by atoms with Crippen molar-refractivity contribution in [3.05, 3.63) is 77.4 Å². The van der Waals surface area contributed by atoms with Crippen molar-refractivity contribution < 1.29 is 9.90 Å². The van der Waals surface area contributed by atoms with Crippen LogP contribution in [0.2, 0.25) is 0 Å². The Balaban J connectivity index is 1.55. The number of hydrogen-bond donors (Lipinski definition) is 1. The third kappa shape index (κ3) is 2.53. The largest absolute Gasteiger partial charge is 0.508 e. The molecule has 5 nitrogen and oxygen atoms in total. The van der Waals surface area contributed by atoms with Gasteiger partial charge in [-0.2, -0.15) is 0 Å².